The minimum atomic E-state index is -0.339. The molecule has 0 spiro atoms. The average Bonchev–Trinajstić information content (AvgIpc) is 2.97. The maximum atomic E-state index is 13.3. The minimum Gasteiger partial charge on any atom is -0.348 e. The number of fused-ring (bicyclic) bond motifs is 3. The van der Waals surface area contributed by atoms with Crippen molar-refractivity contribution in [1.29, 1.82) is 0 Å². The van der Waals surface area contributed by atoms with Gasteiger partial charge in [-0.05, 0) is 31.2 Å². The summed E-state index contributed by atoms with van der Waals surface area (Å²) in [4.78, 5) is 27.3. The number of benzene rings is 1. The average molecular weight is 411 g/mol. The molecule has 0 saturated carbocycles. The third kappa shape index (κ3) is 3.15. The van der Waals surface area contributed by atoms with Gasteiger partial charge in [0.05, 0.1) is 23.3 Å². The van der Waals surface area contributed by atoms with Crippen LogP contribution in [0, 0.1) is 6.92 Å². The van der Waals surface area contributed by atoms with Gasteiger partial charge in [0.1, 0.15) is 5.52 Å². The Morgan fingerprint density at radius 2 is 1.93 bits per heavy atom. The molecule has 3 heterocycles. The van der Waals surface area contributed by atoms with E-state index in [0.29, 0.717) is 27.4 Å². The van der Waals surface area contributed by atoms with Crippen LogP contribution in [0.15, 0.2) is 35.1 Å². The number of nitrogens with zero attached hydrogens (tertiary/aromatic N) is 6. The van der Waals surface area contributed by atoms with E-state index < -0.39 is 0 Å². The summed E-state index contributed by atoms with van der Waals surface area (Å²) in [5.74, 6) is 0.175. The van der Waals surface area contributed by atoms with Crippen molar-refractivity contribution in [1.82, 2.24) is 29.4 Å². The molecule has 0 bridgehead atoms. The number of hydrogen-bond donors (Lipinski definition) is 0. The molecular weight excluding hydrogens is 392 g/mol. The van der Waals surface area contributed by atoms with Crippen LogP contribution in [0.3, 0.4) is 0 Å². The summed E-state index contributed by atoms with van der Waals surface area (Å²) in [6.07, 6.45) is 0.0464. The van der Waals surface area contributed by atoms with E-state index in [1.807, 2.05) is 13.0 Å². The van der Waals surface area contributed by atoms with E-state index in [0.717, 1.165) is 16.6 Å². The third-order valence-electron chi connectivity index (χ3n) is 4.89. The second-order valence-electron chi connectivity index (χ2n) is 7.11. The Labute approximate surface area is 171 Å². The van der Waals surface area contributed by atoms with Crippen LogP contribution < -0.4 is 5.56 Å². The standard InChI is InChI=1S/C20H19ClN6O2/c1-11-5-8-16(23-22-11)27-20(29)19-18(14(24-27)10-17(28)25(2)3)13-7-6-12(21)9-15(13)26(19)4/h5-9H,10H2,1-4H3. The first-order valence-corrected chi connectivity index (χ1v) is 9.36. The second kappa shape index (κ2) is 6.97. The van der Waals surface area contributed by atoms with Crippen molar-refractivity contribution in [2.24, 2.45) is 7.05 Å². The molecule has 29 heavy (non-hydrogen) atoms. The van der Waals surface area contributed by atoms with E-state index in [4.69, 9.17) is 11.6 Å². The first-order valence-electron chi connectivity index (χ1n) is 8.98. The van der Waals surface area contributed by atoms with Crippen molar-refractivity contribution in [3.8, 4) is 5.82 Å². The van der Waals surface area contributed by atoms with E-state index in [1.54, 1.807) is 50.0 Å². The molecule has 0 N–H and O–H groups in total. The van der Waals surface area contributed by atoms with Gasteiger partial charge in [-0.2, -0.15) is 14.9 Å². The van der Waals surface area contributed by atoms with Crippen molar-refractivity contribution in [2.75, 3.05) is 14.1 Å². The summed E-state index contributed by atoms with van der Waals surface area (Å²) in [5, 5.41) is 14.7. The van der Waals surface area contributed by atoms with Crippen molar-refractivity contribution in [3.05, 3.63) is 57.1 Å². The number of hydrogen-bond acceptors (Lipinski definition) is 5. The van der Waals surface area contributed by atoms with Gasteiger partial charge >= 0.3 is 0 Å². The third-order valence-corrected chi connectivity index (χ3v) is 5.12. The normalized spacial score (nSPS) is 11.3. The molecule has 0 aliphatic rings. The highest BCUT2D eigenvalue weighted by molar-refractivity contribution is 6.31. The second-order valence-corrected chi connectivity index (χ2v) is 7.54. The molecule has 4 aromatic rings. The van der Waals surface area contributed by atoms with Crippen LogP contribution >= 0.6 is 11.6 Å². The summed E-state index contributed by atoms with van der Waals surface area (Å²) in [7, 11) is 5.17. The van der Waals surface area contributed by atoms with Crippen LogP contribution in [0.5, 0.6) is 0 Å². The van der Waals surface area contributed by atoms with E-state index in [-0.39, 0.29) is 17.9 Å². The van der Waals surface area contributed by atoms with Crippen LogP contribution in [-0.4, -0.2) is 49.4 Å². The van der Waals surface area contributed by atoms with Gasteiger partial charge in [0.15, 0.2) is 5.82 Å². The number of amides is 1. The van der Waals surface area contributed by atoms with Gasteiger partial charge in [-0.1, -0.05) is 17.7 Å². The summed E-state index contributed by atoms with van der Waals surface area (Å²) in [6, 6.07) is 8.84. The van der Waals surface area contributed by atoms with E-state index in [2.05, 4.69) is 15.3 Å². The molecule has 0 atom stereocenters. The summed E-state index contributed by atoms with van der Waals surface area (Å²) >= 11 is 6.17. The molecule has 0 aliphatic carbocycles. The quantitative estimate of drug-likeness (QED) is 0.517. The van der Waals surface area contributed by atoms with Gasteiger partial charge in [0.25, 0.3) is 5.56 Å². The lowest BCUT2D eigenvalue weighted by molar-refractivity contribution is -0.128. The predicted molar refractivity (Wildman–Crippen MR) is 112 cm³/mol. The number of carbonyl (C=O) groups is 1. The number of carbonyl (C=O) groups excluding carboxylic acids is 1. The number of aromatic nitrogens is 5. The Morgan fingerprint density at radius 1 is 1.17 bits per heavy atom. The summed E-state index contributed by atoms with van der Waals surface area (Å²) < 4.78 is 2.98. The van der Waals surface area contributed by atoms with Crippen molar-refractivity contribution >= 4 is 39.3 Å². The molecule has 0 fully saturated rings. The zero-order chi connectivity index (χ0) is 20.9. The van der Waals surface area contributed by atoms with Gasteiger partial charge in [0.2, 0.25) is 5.91 Å². The molecule has 0 radical (unpaired) electrons. The van der Waals surface area contributed by atoms with Crippen molar-refractivity contribution < 1.29 is 4.79 Å². The maximum absolute atomic E-state index is 13.3. The largest absolute Gasteiger partial charge is 0.348 e. The fraction of sp³-hybridized carbons (Fsp3) is 0.250. The Kier molecular flexibility index (Phi) is 4.58. The molecule has 8 nitrogen and oxygen atoms in total. The van der Waals surface area contributed by atoms with E-state index in [9.17, 15) is 9.59 Å². The summed E-state index contributed by atoms with van der Waals surface area (Å²) in [5.41, 5.74) is 2.10. The van der Waals surface area contributed by atoms with Crippen LogP contribution in [0.2, 0.25) is 5.02 Å². The monoisotopic (exact) mass is 410 g/mol. The fourth-order valence-electron chi connectivity index (χ4n) is 3.35. The predicted octanol–water partition coefficient (Wildman–Crippen LogP) is 2.26. The molecule has 148 valence electrons. The Morgan fingerprint density at radius 3 is 2.59 bits per heavy atom. The van der Waals surface area contributed by atoms with E-state index in [1.165, 1.54) is 9.58 Å². The molecule has 9 heteroatoms. The van der Waals surface area contributed by atoms with E-state index >= 15 is 0 Å². The molecule has 0 aliphatic heterocycles. The zero-order valence-electron chi connectivity index (χ0n) is 16.5. The molecule has 3 aromatic heterocycles. The van der Waals surface area contributed by atoms with Gasteiger partial charge in [-0.3, -0.25) is 9.59 Å². The first-order chi connectivity index (χ1) is 13.8. The first kappa shape index (κ1) is 19.1. The van der Waals surface area contributed by atoms with Crippen molar-refractivity contribution in [3.63, 3.8) is 0 Å². The van der Waals surface area contributed by atoms with Gasteiger partial charge in [0, 0.05) is 36.9 Å². The number of aryl methyl sites for hydroxylation is 2. The van der Waals surface area contributed by atoms with Crippen LogP contribution in [0.1, 0.15) is 11.4 Å². The maximum Gasteiger partial charge on any atom is 0.297 e. The molecule has 0 saturated heterocycles. The Hall–Kier alpha value is -3.26. The zero-order valence-corrected chi connectivity index (χ0v) is 17.2. The SMILES string of the molecule is Cc1ccc(-n2nc(CC(=O)N(C)C)c3c4ccc(Cl)cc4n(C)c3c2=O)nn1. The van der Waals surface area contributed by atoms with Gasteiger partial charge < -0.3 is 9.47 Å². The number of rotatable bonds is 3. The Bertz CT molecular complexity index is 1320. The van der Waals surface area contributed by atoms with Gasteiger partial charge in [-0.15, -0.1) is 5.10 Å². The Balaban J connectivity index is 2.11. The lowest BCUT2D eigenvalue weighted by Gasteiger charge is -2.12. The van der Waals surface area contributed by atoms with Gasteiger partial charge in [-0.25, -0.2) is 0 Å². The number of likely N-dealkylation sites (N-methyl/N-ethyl adjacent to an activating group) is 1. The lowest BCUT2D eigenvalue weighted by Crippen LogP contribution is -2.28. The highest BCUT2D eigenvalue weighted by atomic mass is 35.5. The van der Waals surface area contributed by atoms with Crippen LogP contribution in [0.25, 0.3) is 27.6 Å². The molecule has 1 amide bonds. The topological polar surface area (TPSA) is 85.9 Å². The highest BCUT2D eigenvalue weighted by Gasteiger charge is 2.22. The van der Waals surface area contributed by atoms with Crippen LogP contribution in [0.4, 0.5) is 0 Å². The highest BCUT2D eigenvalue weighted by Crippen LogP contribution is 2.30. The number of halogens is 1. The molecular formula is C20H19ClN6O2. The lowest BCUT2D eigenvalue weighted by atomic mass is 10.1. The molecule has 1 aromatic carbocycles. The van der Waals surface area contributed by atoms with Crippen molar-refractivity contribution in [2.45, 2.75) is 13.3 Å². The molecule has 4 rings (SSSR count). The van der Waals surface area contributed by atoms with Crippen LogP contribution in [-0.2, 0) is 18.3 Å². The minimum absolute atomic E-state index is 0.0464. The molecule has 0 unspecified atom stereocenters. The fourth-order valence-corrected chi connectivity index (χ4v) is 3.52. The summed E-state index contributed by atoms with van der Waals surface area (Å²) in [6.45, 7) is 1.81. The smallest absolute Gasteiger partial charge is 0.297 e.